The van der Waals surface area contributed by atoms with Gasteiger partial charge in [-0.05, 0) is 29.4 Å². The normalized spacial score (nSPS) is 12.1. The largest absolute Gasteiger partial charge is 0.162 e. The van der Waals surface area contributed by atoms with Crippen LogP contribution in [0.3, 0.4) is 0 Å². The molecule has 0 radical (unpaired) electrons. The first-order chi connectivity index (χ1) is 11.3. The Hall–Kier alpha value is 0.127. The van der Waals surface area contributed by atoms with Gasteiger partial charge in [-0.2, -0.15) is 11.8 Å². The summed E-state index contributed by atoms with van der Waals surface area (Å²) in [4.78, 5) is 0. The summed E-state index contributed by atoms with van der Waals surface area (Å²) in [5.74, 6) is 6.13. The zero-order valence-corrected chi connectivity index (χ0v) is 19.4. The second kappa shape index (κ2) is 14.3. The van der Waals surface area contributed by atoms with E-state index in [2.05, 4.69) is 64.0 Å². The first-order valence-electron chi connectivity index (χ1n) is 10.4. The molecule has 0 bridgehead atoms. The third kappa shape index (κ3) is 13.4. The minimum absolute atomic E-state index is 0.398. The van der Waals surface area contributed by atoms with Crippen molar-refractivity contribution in [1.82, 2.24) is 0 Å². The minimum atomic E-state index is -1.37. The molecule has 2 heteroatoms. The number of thioether (sulfide) groups is 1. The zero-order chi connectivity index (χ0) is 18.3. The highest BCUT2D eigenvalue weighted by atomic mass is 32.2. The minimum Gasteiger partial charge on any atom is -0.162 e. The van der Waals surface area contributed by atoms with Crippen LogP contribution in [0.1, 0.15) is 98.3 Å². The Morgan fingerprint density at radius 3 is 1.67 bits per heavy atom. The molecule has 0 aliphatic heterocycles. The summed E-state index contributed by atoms with van der Waals surface area (Å²) in [6.07, 6.45) is 15.3. The van der Waals surface area contributed by atoms with Crippen molar-refractivity contribution >= 4 is 19.8 Å². The van der Waals surface area contributed by atoms with Crippen LogP contribution >= 0.6 is 11.8 Å². The lowest BCUT2D eigenvalue weighted by molar-refractivity contribution is 0.559. The summed E-state index contributed by atoms with van der Waals surface area (Å²) >= 11 is 2.09. The van der Waals surface area contributed by atoms with E-state index in [-0.39, 0.29) is 0 Å². The van der Waals surface area contributed by atoms with E-state index < -0.39 is 8.07 Å². The SMILES string of the molecule is CCSCCCCCCCCCCCCC#C[Si](C)(C)C(C)(C)C. The molecule has 0 fully saturated rings. The molecule has 0 N–H and O–H groups in total. The standard InChI is InChI=1S/C22H44SSi/c1-7-23-20-18-16-14-12-10-8-9-11-13-15-17-19-21-24(5,6)22(2,3)4/h7-18,20H2,1-6H3. The molecule has 0 aliphatic carbocycles. The van der Waals surface area contributed by atoms with Crippen molar-refractivity contribution in [2.75, 3.05) is 11.5 Å². The molecule has 0 saturated carbocycles. The Bertz CT molecular complexity index is 343. The van der Waals surface area contributed by atoms with Crippen LogP contribution in [-0.2, 0) is 0 Å². The van der Waals surface area contributed by atoms with Crippen molar-refractivity contribution in [3.63, 3.8) is 0 Å². The molecule has 24 heavy (non-hydrogen) atoms. The highest BCUT2D eigenvalue weighted by molar-refractivity contribution is 7.99. The summed E-state index contributed by atoms with van der Waals surface area (Å²) in [7, 11) is -1.37. The molecule has 0 spiro atoms. The van der Waals surface area contributed by atoms with Gasteiger partial charge in [0.1, 0.15) is 8.07 Å². The van der Waals surface area contributed by atoms with Crippen molar-refractivity contribution in [3.05, 3.63) is 0 Å². The Kier molecular flexibility index (Phi) is 14.4. The third-order valence-corrected chi connectivity index (χ3v) is 10.9. The van der Waals surface area contributed by atoms with Crippen LogP contribution in [0.15, 0.2) is 0 Å². The molecule has 0 atom stereocenters. The van der Waals surface area contributed by atoms with E-state index >= 15 is 0 Å². The Morgan fingerprint density at radius 2 is 1.21 bits per heavy atom. The maximum absolute atomic E-state index is 3.63. The molecule has 0 rings (SSSR count). The van der Waals surface area contributed by atoms with Crippen molar-refractivity contribution in [2.24, 2.45) is 0 Å². The topological polar surface area (TPSA) is 0 Å². The molecular formula is C22H44SSi. The first-order valence-corrected chi connectivity index (χ1v) is 14.5. The molecule has 0 saturated heterocycles. The van der Waals surface area contributed by atoms with Gasteiger partial charge >= 0.3 is 0 Å². The van der Waals surface area contributed by atoms with Crippen molar-refractivity contribution < 1.29 is 0 Å². The number of hydrogen-bond donors (Lipinski definition) is 0. The van der Waals surface area contributed by atoms with E-state index in [9.17, 15) is 0 Å². The number of rotatable bonds is 13. The van der Waals surface area contributed by atoms with Crippen LogP contribution in [0.5, 0.6) is 0 Å². The molecule has 0 aromatic carbocycles. The highest BCUT2D eigenvalue weighted by Gasteiger charge is 2.33. The zero-order valence-electron chi connectivity index (χ0n) is 17.6. The molecule has 0 amide bonds. The van der Waals surface area contributed by atoms with Gasteiger partial charge in [-0.25, -0.2) is 0 Å². The maximum atomic E-state index is 3.63. The molecule has 0 aromatic heterocycles. The van der Waals surface area contributed by atoms with Crippen LogP contribution in [-0.4, -0.2) is 19.6 Å². The van der Waals surface area contributed by atoms with Gasteiger partial charge in [0.25, 0.3) is 0 Å². The average Bonchev–Trinajstić information content (AvgIpc) is 2.50. The Morgan fingerprint density at radius 1 is 0.750 bits per heavy atom. The lowest BCUT2D eigenvalue weighted by atomic mass is 10.1. The van der Waals surface area contributed by atoms with E-state index in [0.717, 1.165) is 6.42 Å². The van der Waals surface area contributed by atoms with Gasteiger partial charge in [0.15, 0.2) is 0 Å². The Labute approximate surface area is 159 Å². The van der Waals surface area contributed by atoms with E-state index in [0.29, 0.717) is 5.04 Å². The number of hydrogen-bond acceptors (Lipinski definition) is 1. The second-order valence-corrected chi connectivity index (χ2v) is 15.1. The van der Waals surface area contributed by atoms with E-state index in [4.69, 9.17) is 0 Å². The quantitative estimate of drug-likeness (QED) is 0.180. The summed E-state index contributed by atoms with van der Waals surface area (Å²) < 4.78 is 0. The predicted octanol–water partition coefficient (Wildman–Crippen LogP) is 8.08. The van der Waals surface area contributed by atoms with Gasteiger partial charge in [-0.1, -0.05) is 92.2 Å². The van der Waals surface area contributed by atoms with Crippen LogP contribution in [0.25, 0.3) is 0 Å². The van der Waals surface area contributed by atoms with Gasteiger partial charge in [0.05, 0.1) is 0 Å². The predicted molar refractivity (Wildman–Crippen MR) is 119 cm³/mol. The van der Waals surface area contributed by atoms with Crippen molar-refractivity contribution in [2.45, 2.75) is 116 Å². The van der Waals surface area contributed by atoms with E-state index in [1.165, 1.54) is 75.7 Å². The van der Waals surface area contributed by atoms with Gasteiger partial charge in [-0.15, -0.1) is 11.5 Å². The van der Waals surface area contributed by atoms with E-state index in [1.54, 1.807) is 0 Å². The highest BCUT2D eigenvalue weighted by Crippen LogP contribution is 2.35. The fourth-order valence-electron chi connectivity index (χ4n) is 2.45. The molecular weight excluding hydrogens is 324 g/mol. The van der Waals surface area contributed by atoms with Crippen LogP contribution in [0.4, 0.5) is 0 Å². The summed E-state index contributed by atoms with van der Waals surface area (Å²) in [5, 5.41) is 0.398. The number of unbranched alkanes of at least 4 members (excludes halogenated alkanes) is 10. The smallest absolute Gasteiger partial charge is 0.137 e. The fourth-order valence-corrected chi connectivity index (χ4v) is 4.09. The summed E-state index contributed by atoms with van der Waals surface area (Å²) in [6, 6.07) is 0. The maximum Gasteiger partial charge on any atom is 0.137 e. The molecule has 0 nitrogen and oxygen atoms in total. The third-order valence-electron chi connectivity index (χ3n) is 5.32. The van der Waals surface area contributed by atoms with Crippen LogP contribution in [0.2, 0.25) is 18.1 Å². The first kappa shape index (κ1) is 24.1. The molecule has 0 unspecified atom stereocenters. The Balaban J connectivity index is 3.38. The molecule has 0 aliphatic rings. The van der Waals surface area contributed by atoms with Crippen LogP contribution < -0.4 is 0 Å². The van der Waals surface area contributed by atoms with E-state index in [1.807, 2.05) is 0 Å². The van der Waals surface area contributed by atoms with Crippen molar-refractivity contribution in [1.29, 1.82) is 0 Å². The van der Waals surface area contributed by atoms with Gasteiger partial charge in [0, 0.05) is 6.42 Å². The summed E-state index contributed by atoms with van der Waals surface area (Å²) in [5.41, 5.74) is 3.63. The monoisotopic (exact) mass is 368 g/mol. The average molecular weight is 369 g/mol. The van der Waals surface area contributed by atoms with Gasteiger partial charge in [0.2, 0.25) is 0 Å². The van der Waals surface area contributed by atoms with Gasteiger partial charge in [-0.3, -0.25) is 0 Å². The fraction of sp³-hybridized carbons (Fsp3) is 0.909. The second-order valence-electron chi connectivity index (χ2n) is 8.66. The van der Waals surface area contributed by atoms with Crippen molar-refractivity contribution in [3.8, 4) is 11.5 Å². The van der Waals surface area contributed by atoms with Crippen LogP contribution in [0, 0.1) is 11.5 Å². The lowest BCUT2D eigenvalue weighted by Gasteiger charge is -2.31. The molecule has 0 aromatic rings. The van der Waals surface area contributed by atoms with Gasteiger partial charge < -0.3 is 0 Å². The summed E-state index contributed by atoms with van der Waals surface area (Å²) in [6.45, 7) is 14.1. The lowest BCUT2D eigenvalue weighted by Crippen LogP contribution is -2.35. The molecule has 142 valence electrons. The molecule has 0 heterocycles.